The minimum absolute atomic E-state index is 0.200. The van der Waals surface area contributed by atoms with E-state index in [9.17, 15) is 0 Å². The average Bonchev–Trinajstić information content (AvgIpc) is 3.91. The van der Waals surface area contributed by atoms with Crippen molar-refractivity contribution in [1.82, 2.24) is 0 Å². The molecule has 0 saturated carbocycles. The van der Waals surface area contributed by atoms with Crippen molar-refractivity contribution in [2.24, 2.45) is 0 Å². The third-order valence-electron chi connectivity index (χ3n) is 14.6. The number of rotatable bonds is 5. The van der Waals surface area contributed by atoms with Crippen molar-refractivity contribution in [3.8, 4) is 44.5 Å². The second-order valence-electron chi connectivity index (χ2n) is 18.9. The van der Waals surface area contributed by atoms with Gasteiger partial charge in [0.25, 0.3) is 0 Å². The molecule has 0 aliphatic heterocycles. The summed E-state index contributed by atoms with van der Waals surface area (Å²) in [6, 6.07) is 74.2. The van der Waals surface area contributed by atoms with Crippen LogP contribution in [-0.4, -0.2) is 0 Å². The van der Waals surface area contributed by atoms with Crippen molar-refractivity contribution >= 4 is 60.5 Å². The first-order chi connectivity index (χ1) is 31.2. The molecule has 64 heavy (non-hydrogen) atoms. The lowest BCUT2D eigenvalue weighted by Crippen LogP contribution is -2.18. The van der Waals surface area contributed by atoms with Crippen LogP contribution < -0.4 is 4.90 Å². The summed E-state index contributed by atoms with van der Waals surface area (Å²) in [5, 5.41) is 7.27. The normalized spacial score (nSPS) is 14.2. The Labute approximate surface area is 373 Å². The molecule has 0 radical (unpaired) electrons. The highest BCUT2D eigenvalue weighted by Gasteiger charge is 2.39. The van der Waals surface area contributed by atoms with E-state index in [2.05, 4.69) is 227 Å². The molecule has 0 unspecified atom stereocenters. The van der Waals surface area contributed by atoms with Gasteiger partial charge in [0.2, 0.25) is 0 Å². The topological polar surface area (TPSA) is 16.4 Å². The van der Waals surface area contributed by atoms with Crippen molar-refractivity contribution < 1.29 is 4.42 Å². The number of furan rings is 1. The van der Waals surface area contributed by atoms with Crippen LogP contribution in [0.15, 0.2) is 205 Å². The zero-order valence-corrected chi connectivity index (χ0v) is 36.4. The molecule has 304 valence electrons. The van der Waals surface area contributed by atoms with E-state index in [0.29, 0.717) is 0 Å². The van der Waals surface area contributed by atoms with E-state index in [0.717, 1.165) is 38.9 Å². The van der Waals surface area contributed by atoms with Crippen molar-refractivity contribution in [2.45, 2.75) is 38.5 Å². The maximum Gasteiger partial charge on any atom is 0.143 e. The highest BCUT2D eigenvalue weighted by atomic mass is 16.3. The van der Waals surface area contributed by atoms with Gasteiger partial charge in [-0.05, 0) is 126 Å². The molecule has 0 amide bonds. The molecule has 13 rings (SSSR count). The van der Waals surface area contributed by atoms with Crippen LogP contribution in [0, 0.1) is 0 Å². The summed E-state index contributed by atoms with van der Waals surface area (Å²) in [4.78, 5) is 2.52. The van der Waals surface area contributed by atoms with E-state index in [1.807, 2.05) is 6.07 Å². The lowest BCUT2D eigenvalue weighted by Gasteiger charge is -2.31. The molecule has 2 aliphatic rings. The SMILES string of the molecule is CC1(C)c2cc(-c3ccccc3)ccc2-c2ccc(N(c3ccc4c(c3)C(C)(C)c3cc(-c5cccc6c5oc5ccccc56)ccc3-4)c3cc4ccccc4c4ccccc34)cc21. The Bertz CT molecular complexity index is 3740. The van der Waals surface area contributed by atoms with Gasteiger partial charge >= 0.3 is 0 Å². The first-order valence-electron chi connectivity index (χ1n) is 22.5. The number of hydrogen-bond donors (Lipinski definition) is 0. The lowest BCUT2D eigenvalue weighted by atomic mass is 9.81. The number of hydrogen-bond acceptors (Lipinski definition) is 2. The molecule has 0 fully saturated rings. The molecule has 10 aromatic carbocycles. The maximum absolute atomic E-state index is 6.53. The number of fused-ring (bicyclic) bond motifs is 12. The van der Waals surface area contributed by atoms with Crippen LogP contribution in [0.3, 0.4) is 0 Å². The largest absolute Gasteiger partial charge is 0.455 e. The van der Waals surface area contributed by atoms with E-state index in [4.69, 9.17) is 4.42 Å². The van der Waals surface area contributed by atoms with Crippen molar-refractivity contribution in [3.05, 3.63) is 222 Å². The summed E-state index contributed by atoms with van der Waals surface area (Å²) in [5.41, 5.74) is 20.3. The van der Waals surface area contributed by atoms with Gasteiger partial charge in [0, 0.05) is 43.9 Å². The minimum atomic E-state index is -0.256. The van der Waals surface area contributed by atoms with Crippen molar-refractivity contribution in [1.29, 1.82) is 0 Å². The first kappa shape index (κ1) is 36.9. The van der Waals surface area contributed by atoms with Crippen LogP contribution in [0.25, 0.3) is 88.0 Å². The molecular formula is C62H45NO. The molecule has 0 N–H and O–H groups in total. The molecule has 1 heterocycles. The number of anilines is 3. The van der Waals surface area contributed by atoms with E-state index in [-0.39, 0.29) is 10.8 Å². The Kier molecular flexibility index (Phi) is 7.74. The van der Waals surface area contributed by atoms with Crippen LogP contribution in [0.5, 0.6) is 0 Å². The maximum atomic E-state index is 6.53. The quantitative estimate of drug-likeness (QED) is 0.161. The Morgan fingerprint density at radius 3 is 1.55 bits per heavy atom. The van der Waals surface area contributed by atoms with Gasteiger partial charge in [-0.2, -0.15) is 0 Å². The Balaban J connectivity index is 0.976. The second-order valence-corrected chi connectivity index (χ2v) is 18.9. The molecule has 0 bridgehead atoms. The molecule has 2 nitrogen and oxygen atoms in total. The van der Waals surface area contributed by atoms with Crippen molar-refractivity contribution in [2.75, 3.05) is 4.90 Å². The fourth-order valence-corrected chi connectivity index (χ4v) is 11.3. The van der Waals surface area contributed by atoms with Gasteiger partial charge in [-0.3, -0.25) is 0 Å². The fraction of sp³-hybridized carbons (Fsp3) is 0.0968. The summed E-state index contributed by atoms with van der Waals surface area (Å²) in [6.07, 6.45) is 0. The van der Waals surface area contributed by atoms with Gasteiger partial charge in [-0.15, -0.1) is 0 Å². The highest BCUT2D eigenvalue weighted by Crippen LogP contribution is 2.55. The molecular weight excluding hydrogens is 775 g/mol. The fourth-order valence-electron chi connectivity index (χ4n) is 11.3. The van der Waals surface area contributed by atoms with E-state index >= 15 is 0 Å². The van der Waals surface area contributed by atoms with Crippen LogP contribution in [0.1, 0.15) is 49.9 Å². The predicted molar refractivity (Wildman–Crippen MR) is 269 cm³/mol. The Morgan fingerprint density at radius 1 is 0.344 bits per heavy atom. The average molecular weight is 820 g/mol. The lowest BCUT2D eigenvalue weighted by molar-refractivity contribution is 0.660. The molecule has 2 aliphatic carbocycles. The van der Waals surface area contributed by atoms with Gasteiger partial charge in [-0.25, -0.2) is 0 Å². The summed E-state index contributed by atoms with van der Waals surface area (Å²) in [6.45, 7) is 9.57. The van der Waals surface area contributed by atoms with E-state index < -0.39 is 0 Å². The molecule has 11 aromatic rings. The van der Waals surface area contributed by atoms with Gasteiger partial charge in [0.15, 0.2) is 0 Å². The zero-order chi connectivity index (χ0) is 42.9. The molecule has 0 atom stereocenters. The van der Waals surface area contributed by atoms with Crippen LogP contribution in [0.2, 0.25) is 0 Å². The standard InChI is InChI=1S/C62H45NO/c1-61(2)54-33-39(38-15-6-5-7-16-38)25-29-47(54)49-31-27-42(36-56(49)61)63(58-35-40-17-8-9-18-44(40)46-19-10-11-20-51(46)58)43-28-32-50-48-30-26-41(34-55(48)62(3,4)57(50)37-43)45-22-14-23-53-52-21-12-13-24-59(52)64-60(45)53/h5-37H,1-4H3. The van der Waals surface area contributed by atoms with Crippen LogP contribution in [0.4, 0.5) is 17.1 Å². The predicted octanol–water partition coefficient (Wildman–Crippen LogP) is 17.3. The van der Waals surface area contributed by atoms with E-state index in [1.165, 1.54) is 88.4 Å². The Morgan fingerprint density at radius 2 is 0.859 bits per heavy atom. The number of nitrogens with zero attached hydrogens (tertiary/aromatic N) is 1. The van der Waals surface area contributed by atoms with Gasteiger partial charge in [-0.1, -0.05) is 179 Å². The zero-order valence-electron chi connectivity index (χ0n) is 36.4. The van der Waals surface area contributed by atoms with Gasteiger partial charge in [0.1, 0.15) is 11.2 Å². The monoisotopic (exact) mass is 819 g/mol. The first-order valence-corrected chi connectivity index (χ1v) is 22.5. The molecule has 0 spiro atoms. The van der Waals surface area contributed by atoms with Crippen LogP contribution >= 0.6 is 0 Å². The summed E-state index contributed by atoms with van der Waals surface area (Å²) in [7, 11) is 0. The molecule has 1 aromatic heterocycles. The summed E-state index contributed by atoms with van der Waals surface area (Å²) < 4.78 is 6.53. The summed E-state index contributed by atoms with van der Waals surface area (Å²) in [5.74, 6) is 0. The van der Waals surface area contributed by atoms with Gasteiger partial charge < -0.3 is 9.32 Å². The highest BCUT2D eigenvalue weighted by molar-refractivity contribution is 6.15. The minimum Gasteiger partial charge on any atom is -0.455 e. The smallest absolute Gasteiger partial charge is 0.143 e. The number of para-hydroxylation sites is 2. The second kappa shape index (κ2) is 13.4. The van der Waals surface area contributed by atoms with Crippen molar-refractivity contribution in [3.63, 3.8) is 0 Å². The van der Waals surface area contributed by atoms with Crippen LogP contribution in [-0.2, 0) is 10.8 Å². The third kappa shape index (κ3) is 5.26. The Hall–Kier alpha value is -7.68. The van der Waals surface area contributed by atoms with E-state index in [1.54, 1.807) is 0 Å². The molecule has 0 saturated heterocycles. The summed E-state index contributed by atoms with van der Waals surface area (Å²) >= 11 is 0. The van der Waals surface area contributed by atoms with Gasteiger partial charge in [0.05, 0.1) is 5.69 Å². The third-order valence-corrected chi connectivity index (χ3v) is 14.6. The number of benzene rings is 10. The molecule has 2 heteroatoms.